The number of ether oxygens (including phenoxy) is 2. The lowest BCUT2D eigenvalue weighted by Crippen LogP contribution is -2.16. The Hall–Kier alpha value is -2.18. The first-order chi connectivity index (χ1) is 10.5. The van der Waals surface area contributed by atoms with Crippen molar-refractivity contribution in [3.05, 3.63) is 59.7 Å². The largest absolute Gasteiger partial charge is 0.497 e. The molecule has 0 aliphatic rings. The van der Waals surface area contributed by atoms with Crippen LogP contribution in [0, 0.1) is 11.5 Å². The summed E-state index contributed by atoms with van der Waals surface area (Å²) in [5, 5.41) is 0. The van der Waals surface area contributed by atoms with Crippen LogP contribution in [0.15, 0.2) is 48.5 Å². The molecular weight excluding hydrogens is 288 g/mol. The quantitative estimate of drug-likeness (QED) is 0.611. The zero-order valence-electron chi connectivity index (χ0n) is 13.6. The lowest BCUT2D eigenvalue weighted by Gasteiger charge is -2.09. The van der Waals surface area contributed by atoms with Gasteiger partial charge < -0.3 is 9.47 Å². The summed E-state index contributed by atoms with van der Waals surface area (Å²) < 4.78 is 11.1. The lowest BCUT2D eigenvalue weighted by atomic mass is 10.2. The van der Waals surface area contributed by atoms with Crippen LogP contribution >= 0.6 is 0 Å². The molecule has 0 aromatic heterocycles. The molecule has 3 heteroatoms. The van der Waals surface area contributed by atoms with Crippen LogP contribution in [0.2, 0.25) is 19.6 Å². The number of para-hydroxylation sites is 1. The normalized spacial score (nSPS) is 10.5. The zero-order chi connectivity index (χ0) is 16.0. The van der Waals surface area contributed by atoms with Crippen molar-refractivity contribution in [2.75, 3.05) is 7.11 Å². The van der Waals surface area contributed by atoms with E-state index in [4.69, 9.17) is 9.47 Å². The summed E-state index contributed by atoms with van der Waals surface area (Å²) in [5.41, 5.74) is 5.45. The van der Waals surface area contributed by atoms with Crippen molar-refractivity contribution in [3.8, 4) is 23.0 Å². The second kappa shape index (κ2) is 7.19. The van der Waals surface area contributed by atoms with Crippen LogP contribution in [0.1, 0.15) is 11.1 Å². The molecule has 0 aliphatic heterocycles. The topological polar surface area (TPSA) is 18.5 Å². The third kappa shape index (κ3) is 4.98. The van der Waals surface area contributed by atoms with Gasteiger partial charge in [0.25, 0.3) is 0 Å². The van der Waals surface area contributed by atoms with E-state index in [1.54, 1.807) is 7.11 Å². The Morgan fingerprint density at radius 1 is 0.955 bits per heavy atom. The van der Waals surface area contributed by atoms with Crippen molar-refractivity contribution < 1.29 is 9.47 Å². The molecule has 2 aromatic rings. The summed E-state index contributed by atoms with van der Waals surface area (Å²) in [4.78, 5) is 0. The first kappa shape index (κ1) is 16.2. The Bertz CT molecular complexity index is 673. The summed E-state index contributed by atoms with van der Waals surface area (Å²) in [6.45, 7) is 7.23. The van der Waals surface area contributed by atoms with Gasteiger partial charge in [-0.2, -0.15) is 0 Å². The minimum atomic E-state index is -1.39. The molecular formula is C19H22O2Si. The molecule has 0 unspecified atom stereocenters. The van der Waals surface area contributed by atoms with E-state index in [0.29, 0.717) is 6.61 Å². The minimum absolute atomic E-state index is 0.523. The molecule has 2 aromatic carbocycles. The molecule has 0 fully saturated rings. The van der Waals surface area contributed by atoms with Crippen LogP contribution in [0.3, 0.4) is 0 Å². The third-order valence-electron chi connectivity index (χ3n) is 3.01. The summed E-state index contributed by atoms with van der Waals surface area (Å²) in [6, 6.07) is 15.8. The van der Waals surface area contributed by atoms with E-state index >= 15 is 0 Å². The third-order valence-corrected chi connectivity index (χ3v) is 3.89. The number of methoxy groups -OCH3 is 1. The Morgan fingerprint density at radius 2 is 1.64 bits per heavy atom. The van der Waals surface area contributed by atoms with Crippen LogP contribution in [0.4, 0.5) is 0 Å². The molecule has 0 bridgehead atoms. The molecule has 0 saturated carbocycles. The highest BCUT2D eigenvalue weighted by molar-refractivity contribution is 6.83. The van der Waals surface area contributed by atoms with Crippen molar-refractivity contribution in [2.24, 2.45) is 0 Å². The van der Waals surface area contributed by atoms with Gasteiger partial charge in [0.05, 0.1) is 12.7 Å². The SMILES string of the molecule is COc1ccc(COc2ccccc2C#C[Si](C)(C)C)cc1. The first-order valence-corrected chi connectivity index (χ1v) is 10.9. The average Bonchev–Trinajstić information content (AvgIpc) is 2.51. The molecule has 0 saturated heterocycles. The standard InChI is InChI=1S/C19H22O2Si/c1-20-18-11-9-16(10-12-18)15-21-19-8-6-5-7-17(19)13-14-22(2,3)4/h5-12H,15H2,1-4H3. The maximum atomic E-state index is 5.93. The summed E-state index contributed by atoms with van der Waals surface area (Å²) in [7, 11) is 0.275. The van der Waals surface area contributed by atoms with E-state index in [1.165, 1.54) is 0 Å². The van der Waals surface area contributed by atoms with Crippen LogP contribution in [-0.4, -0.2) is 15.2 Å². The summed E-state index contributed by atoms with van der Waals surface area (Å²) in [5.74, 6) is 4.96. The van der Waals surface area contributed by atoms with E-state index in [9.17, 15) is 0 Å². The van der Waals surface area contributed by atoms with Gasteiger partial charge in [-0.1, -0.05) is 49.8 Å². The molecule has 0 N–H and O–H groups in total. The monoisotopic (exact) mass is 310 g/mol. The van der Waals surface area contributed by atoms with Gasteiger partial charge in [0.2, 0.25) is 0 Å². The predicted molar refractivity (Wildman–Crippen MR) is 94.0 cm³/mol. The molecule has 0 radical (unpaired) electrons. The van der Waals surface area contributed by atoms with Crippen molar-refractivity contribution >= 4 is 8.07 Å². The second-order valence-electron chi connectivity index (χ2n) is 6.13. The summed E-state index contributed by atoms with van der Waals surface area (Å²) in [6.07, 6.45) is 0. The maximum absolute atomic E-state index is 5.93. The molecule has 0 heterocycles. The molecule has 0 spiro atoms. The fourth-order valence-corrected chi connectivity index (χ4v) is 2.34. The second-order valence-corrected chi connectivity index (χ2v) is 10.9. The Kier molecular flexibility index (Phi) is 5.29. The van der Waals surface area contributed by atoms with Crippen molar-refractivity contribution in [3.63, 3.8) is 0 Å². The van der Waals surface area contributed by atoms with Crippen molar-refractivity contribution in [2.45, 2.75) is 26.2 Å². The molecule has 0 amide bonds. The summed E-state index contributed by atoms with van der Waals surface area (Å²) >= 11 is 0. The van der Waals surface area contributed by atoms with E-state index < -0.39 is 8.07 Å². The van der Waals surface area contributed by atoms with Crippen LogP contribution in [0.5, 0.6) is 11.5 Å². The molecule has 0 atom stereocenters. The smallest absolute Gasteiger partial charge is 0.135 e. The van der Waals surface area contributed by atoms with E-state index in [2.05, 4.69) is 31.1 Å². The van der Waals surface area contributed by atoms with E-state index in [0.717, 1.165) is 22.6 Å². The van der Waals surface area contributed by atoms with Gasteiger partial charge in [-0.15, -0.1) is 5.54 Å². The number of rotatable bonds is 4. The number of hydrogen-bond donors (Lipinski definition) is 0. The number of hydrogen-bond acceptors (Lipinski definition) is 2. The molecule has 2 nitrogen and oxygen atoms in total. The Morgan fingerprint density at radius 3 is 2.27 bits per heavy atom. The Balaban J connectivity index is 2.10. The molecule has 22 heavy (non-hydrogen) atoms. The molecule has 2 rings (SSSR count). The highest BCUT2D eigenvalue weighted by atomic mass is 28.3. The highest BCUT2D eigenvalue weighted by Crippen LogP contribution is 2.19. The zero-order valence-corrected chi connectivity index (χ0v) is 14.6. The van der Waals surface area contributed by atoms with E-state index in [-0.39, 0.29) is 0 Å². The minimum Gasteiger partial charge on any atom is -0.497 e. The van der Waals surface area contributed by atoms with Gasteiger partial charge in [0, 0.05) is 0 Å². The fraction of sp³-hybridized carbons (Fsp3) is 0.263. The first-order valence-electron chi connectivity index (χ1n) is 7.36. The molecule has 114 valence electrons. The van der Waals surface area contributed by atoms with Crippen molar-refractivity contribution in [1.29, 1.82) is 0 Å². The average molecular weight is 310 g/mol. The maximum Gasteiger partial charge on any atom is 0.135 e. The van der Waals surface area contributed by atoms with Gasteiger partial charge >= 0.3 is 0 Å². The van der Waals surface area contributed by atoms with Crippen LogP contribution in [0.25, 0.3) is 0 Å². The highest BCUT2D eigenvalue weighted by Gasteiger charge is 2.08. The molecule has 0 aliphatic carbocycles. The van der Waals surface area contributed by atoms with Gasteiger partial charge in [0.1, 0.15) is 26.2 Å². The van der Waals surface area contributed by atoms with E-state index in [1.807, 2.05) is 48.5 Å². The lowest BCUT2D eigenvalue weighted by molar-refractivity contribution is 0.305. The van der Waals surface area contributed by atoms with Crippen molar-refractivity contribution in [1.82, 2.24) is 0 Å². The van der Waals surface area contributed by atoms with Gasteiger partial charge in [-0.05, 0) is 29.8 Å². The van der Waals surface area contributed by atoms with Gasteiger partial charge in [-0.25, -0.2) is 0 Å². The van der Waals surface area contributed by atoms with Gasteiger partial charge in [-0.3, -0.25) is 0 Å². The van der Waals surface area contributed by atoms with Crippen LogP contribution < -0.4 is 9.47 Å². The number of benzene rings is 2. The Labute approximate surface area is 134 Å². The fourth-order valence-electron chi connectivity index (χ4n) is 1.83. The van der Waals surface area contributed by atoms with Crippen LogP contribution in [-0.2, 0) is 6.61 Å². The predicted octanol–water partition coefficient (Wildman–Crippen LogP) is 4.50. The van der Waals surface area contributed by atoms with Gasteiger partial charge in [0.15, 0.2) is 0 Å².